The number of hydrogen-bond acceptors (Lipinski definition) is 2. The van der Waals surface area contributed by atoms with Gasteiger partial charge in [-0.3, -0.25) is 0 Å². The van der Waals surface area contributed by atoms with Crippen LogP contribution in [0.15, 0.2) is 6.07 Å². The first-order chi connectivity index (χ1) is 6.54. The Morgan fingerprint density at radius 3 is 2.71 bits per heavy atom. The molecule has 2 rings (SSSR count). The highest BCUT2D eigenvalue weighted by Crippen LogP contribution is 2.31. The Bertz CT molecular complexity index is 296. The van der Waals surface area contributed by atoms with Gasteiger partial charge in [-0.1, -0.05) is 0 Å². The van der Waals surface area contributed by atoms with E-state index in [-0.39, 0.29) is 5.54 Å². The zero-order valence-corrected chi connectivity index (χ0v) is 9.91. The minimum atomic E-state index is -0.0621. The van der Waals surface area contributed by atoms with E-state index < -0.39 is 0 Å². The highest BCUT2D eigenvalue weighted by molar-refractivity contribution is 7.12. The number of hydrogen-bond donors (Lipinski definition) is 1. The lowest BCUT2D eigenvalue weighted by Crippen LogP contribution is -2.33. The Hall–Kier alpha value is -0.340. The van der Waals surface area contributed by atoms with Gasteiger partial charge in [-0.15, -0.1) is 11.3 Å². The van der Waals surface area contributed by atoms with E-state index in [0.29, 0.717) is 0 Å². The summed E-state index contributed by atoms with van der Waals surface area (Å²) in [4.78, 5) is 3.10. The van der Waals surface area contributed by atoms with Gasteiger partial charge in [0.2, 0.25) is 0 Å². The van der Waals surface area contributed by atoms with Crippen LogP contribution in [0.1, 0.15) is 42.0 Å². The van der Waals surface area contributed by atoms with E-state index in [1.165, 1.54) is 30.6 Å². The fourth-order valence-corrected chi connectivity index (χ4v) is 3.59. The van der Waals surface area contributed by atoms with Crippen molar-refractivity contribution in [1.82, 2.24) is 0 Å². The van der Waals surface area contributed by atoms with Gasteiger partial charge in [0, 0.05) is 15.3 Å². The molecule has 2 N–H and O–H groups in total. The molecule has 0 amide bonds. The van der Waals surface area contributed by atoms with Gasteiger partial charge < -0.3 is 5.73 Å². The van der Waals surface area contributed by atoms with E-state index in [2.05, 4.69) is 19.9 Å². The average molecular weight is 209 g/mol. The zero-order valence-electron chi connectivity index (χ0n) is 9.10. The quantitative estimate of drug-likeness (QED) is 0.796. The third-order valence-electron chi connectivity index (χ3n) is 2.68. The first kappa shape index (κ1) is 10.2. The first-order valence-electron chi connectivity index (χ1n) is 5.44. The molecule has 1 aromatic heterocycles. The van der Waals surface area contributed by atoms with Crippen LogP contribution in [-0.4, -0.2) is 5.54 Å². The van der Waals surface area contributed by atoms with Crippen molar-refractivity contribution < 1.29 is 0 Å². The molecule has 0 unspecified atom stereocenters. The van der Waals surface area contributed by atoms with E-state index >= 15 is 0 Å². The molecule has 0 fully saturated rings. The second-order valence-electron chi connectivity index (χ2n) is 5.03. The third-order valence-corrected chi connectivity index (χ3v) is 3.91. The summed E-state index contributed by atoms with van der Waals surface area (Å²) < 4.78 is 0. The predicted molar refractivity (Wildman–Crippen MR) is 62.9 cm³/mol. The maximum absolute atomic E-state index is 6.03. The van der Waals surface area contributed by atoms with Crippen LogP contribution >= 0.6 is 11.3 Å². The first-order valence-corrected chi connectivity index (χ1v) is 6.25. The van der Waals surface area contributed by atoms with Crippen molar-refractivity contribution in [3.05, 3.63) is 21.4 Å². The minimum Gasteiger partial charge on any atom is -0.325 e. The van der Waals surface area contributed by atoms with Crippen molar-refractivity contribution in [2.75, 3.05) is 0 Å². The van der Waals surface area contributed by atoms with Crippen LogP contribution in [0, 0.1) is 0 Å². The molecule has 1 aliphatic rings. The van der Waals surface area contributed by atoms with Crippen LogP contribution in [0.4, 0.5) is 0 Å². The Kier molecular flexibility index (Phi) is 2.67. The molecule has 0 spiro atoms. The van der Waals surface area contributed by atoms with Crippen molar-refractivity contribution in [3.63, 3.8) is 0 Å². The Labute approximate surface area is 90.3 Å². The molecule has 1 nitrogen and oxygen atoms in total. The molecule has 1 aromatic rings. The van der Waals surface area contributed by atoms with Gasteiger partial charge >= 0.3 is 0 Å². The maximum atomic E-state index is 6.03. The normalized spacial score (nSPS) is 16.8. The Morgan fingerprint density at radius 1 is 1.36 bits per heavy atom. The van der Waals surface area contributed by atoms with Gasteiger partial charge in [-0.2, -0.15) is 0 Å². The lowest BCUT2D eigenvalue weighted by atomic mass is 9.97. The summed E-state index contributed by atoms with van der Waals surface area (Å²) >= 11 is 1.98. The fourth-order valence-electron chi connectivity index (χ4n) is 2.09. The summed E-state index contributed by atoms with van der Waals surface area (Å²) in [6, 6.07) is 2.38. The van der Waals surface area contributed by atoms with Gasteiger partial charge in [0.15, 0.2) is 0 Å². The fraction of sp³-hybridized carbons (Fsp3) is 0.667. The second-order valence-corrected chi connectivity index (χ2v) is 6.25. The summed E-state index contributed by atoms with van der Waals surface area (Å²) in [7, 11) is 0. The lowest BCUT2D eigenvalue weighted by Gasteiger charge is -2.16. The standard InChI is InChI=1S/C12H19NS/c1-12(2,13)8-10-7-9-5-3-4-6-11(9)14-10/h7H,3-6,8,13H2,1-2H3. The zero-order chi connectivity index (χ0) is 10.2. The molecule has 14 heavy (non-hydrogen) atoms. The van der Waals surface area contributed by atoms with E-state index in [1.807, 2.05) is 11.3 Å². The van der Waals surface area contributed by atoms with E-state index in [4.69, 9.17) is 5.73 Å². The summed E-state index contributed by atoms with van der Waals surface area (Å²) in [6.07, 6.45) is 6.35. The molecule has 0 saturated carbocycles. The maximum Gasteiger partial charge on any atom is 0.0145 e. The smallest absolute Gasteiger partial charge is 0.0145 e. The van der Waals surface area contributed by atoms with Crippen molar-refractivity contribution in [2.24, 2.45) is 5.73 Å². The van der Waals surface area contributed by atoms with Crippen molar-refractivity contribution >= 4 is 11.3 Å². The van der Waals surface area contributed by atoms with E-state index in [1.54, 1.807) is 10.4 Å². The molecule has 0 radical (unpaired) electrons. The molecule has 0 atom stereocenters. The van der Waals surface area contributed by atoms with Crippen LogP contribution < -0.4 is 5.73 Å². The van der Waals surface area contributed by atoms with Gasteiger partial charge in [-0.25, -0.2) is 0 Å². The molecule has 1 aliphatic carbocycles. The number of nitrogens with two attached hydrogens (primary N) is 1. The molecule has 0 aromatic carbocycles. The van der Waals surface area contributed by atoms with Crippen LogP contribution in [0.5, 0.6) is 0 Å². The summed E-state index contributed by atoms with van der Waals surface area (Å²) in [5, 5.41) is 0. The minimum absolute atomic E-state index is 0.0621. The van der Waals surface area contributed by atoms with Crippen molar-refractivity contribution in [2.45, 2.75) is 51.5 Å². The number of fused-ring (bicyclic) bond motifs is 1. The molecule has 1 heterocycles. The van der Waals surface area contributed by atoms with Crippen LogP contribution in [-0.2, 0) is 19.3 Å². The van der Waals surface area contributed by atoms with E-state index in [9.17, 15) is 0 Å². The Morgan fingerprint density at radius 2 is 2.07 bits per heavy atom. The van der Waals surface area contributed by atoms with Crippen LogP contribution in [0.25, 0.3) is 0 Å². The summed E-state index contributed by atoms with van der Waals surface area (Å²) in [6.45, 7) is 4.21. The molecular weight excluding hydrogens is 190 g/mol. The third kappa shape index (κ3) is 2.37. The van der Waals surface area contributed by atoms with Crippen LogP contribution in [0.3, 0.4) is 0 Å². The average Bonchev–Trinajstić information content (AvgIpc) is 2.42. The van der Waals surface area contributed by atoms with Crippen molar-refractivity contribution in [3.8, 4) is 0 Å². The molecule has 0 saturated heterocycles. The number of thiophene rings is 1. The highest BCUT2D eigenvalue weighted by atomic mass is 32.1. The molecule has 78 valence electrons. The van der Waals surface area contributed by atoms with Crippen molar-refractivity contribution in [1.29, 1.82) is 0 Å². The lowest BCUT2D eigenvalue weighted by molar-refractivity contribution is 0.521. The Balaban J connectivity index is 2.16. The molecule has 2 heteroatoms. The molecular formula is C12H19NS. The summed E-state index contributed by atoms with van der Waals surface area (Å²) in [5.74, 6) is 0. The van der Waals surface area contributed by atoms with Gasteiger partial charge in [-0.05, 0) is 57.6 Å². The van der Waals surface area contributed by atoms with Crippen LogP contribution in [0.2, 0.25) is 0 Å². The monoisotopic (exact) mass is 209 g/mol. The largest absolute Gasteiger partial charge is 0.325 e. The molecule has 0 aliphatic heterocycles. The SMILES string of the molecule is CC(C)(N)Cc1cc2c(s1)CCCC2. The topological polar surface area (TPSA) is 26.0 Å². The molecule has 0 bridgehead atoms. The highest BCUT2D eigenvalue weighted by Gasteiger charge is 2.17. The van der Waals surface area contributed by atoms with E-state index in [0.717, 1.165) is 6.42 Å². The number of rotatable bonds is 2. The van der Waals surface area contributed by atoms with Gasteiger partial charge in [0.05, 0.1) is 0 Å². The predicted octanol–water partition coefficient (Wildman–Crippen LogP) is 2.91. The number of aryl methyl sites for hydroxylation is 2. The second kappa shape index (κ2) is 3.67. The van der Waals surface area contributed by atoms with Gasteiger partial charge in [0.25, 0.3) is 0 Å². The van der Waals surface area contributed by atoms with Gasteiger partial charge in [0.1, 0.15) is 0 Å². The summed E-state index contributed by atoms with van der Waals surface area (Å²) in [5.41, 5.74) is 7.57.